The first-order chi connectivity index (χ1) is 30.2. The van der Waals surface area contributed by atoms with Crippen molar-refractivity contribution in [1.82, 2.24) is 19.9 Å². The number of benzene rings is 5. The predicted molar refractivity (Wildman–Crippen MR) is 252 cm³/mol. The van der Waals surface area contributed by atoms with Crippen molar-refractivity contribution >= 4 is 78.9 Å². The van der Waals surface area contributed by atoms with Gasteiger partial charge in [0.1, 0.15) is 12.0 Å². The third-order valence-corrected chi connectivity index (χ3v) is 14.4. The van der Waals surface area contributed by atoms with E-state index in [0.29, 0.717) is 28.1 Å². The number of nitrogens with one attached hydrogen (secondary N) is 2. The van der Waals surface area contributed by atoms with Gasteiger partial charge in [0.05, 0.1) is 15.3 Å². The topological polar surface area (TPSA) is 146 Å². The number of thioether (sulfide) groups is 2. The SMILES string of the molecule is O=[N+]([O-])c1cc(S(=O)(=O)Nc2ncnc3cc(N4CCN(Cc5ccccc5-c5ccc(Cl)cc5)CC4)ccc23)ccc1N[C@H](CCSc1ccncc1)CSc1ccccc1. The average Bonchev–Trinajstić information content (AvgIpc) is 3.29. The van der Waals surface area contributed by atoms with E-state index < -0.39 is 14.9 Å². The predicted octanol–water partition coefficient (Wildman–Crippen LogP) is 10.1. The van der Waals surface area contributed by atoms with Crippen LogP contribution in [0.4, 0.5) is 22.9 Å². The van der Waals surface area contributed by atoms with Crippen molar-refractivity contribution in [2.75, 3.05) is 52.6 Å². The molecule has 0 bridgehead atoms. The molecule has 2 N–H and O–H groups in total. The second-order valence-corrected chi connectivity index (χ2v) is 19.1. The summed E-state index contributed by atoms with van der Waals surface area (Å²) in [6.07, 6.45) is 5.51. The van der Waals surface area contributed by atoms with Gasteiger partial charge in [-0.2, -0.15) is 0 Å². The van der Waals surface area contributed by atoms with Crippen molar-refractivity contribution < 1.29 is 13.3 Å². The van der Waals surface area contributed by atoms with Crippen LogP contribution in [0.2, 0.25) is 5.02 Å². The molecule has 0 spiro atoms. The largest absolute Gasteiger partial charge is 0.376 e. The molecule has 5 aromatic carbocycles. The lowest BCUT2D eigenvalue weighted by Gasteiger charge is -2.36. The van der Waals surface area contributed by atoms with Gasteiger partial charge in [0.15, 0.2) is 5.82 Å². The lowest BCUT2D eigenvalue weighted by Crippen LogP contribution is -2.46. The minimum atomic E-state index is -4.29. The van der Waals surface area contributed by atoms with E-state index in [1.54, 1.807) is 35.9 Å². The van der Waals surface area contributed by atoms with E-state index in [-0.39, 0.29) is 28.1 Å². The quantitative estimate of drug-likeness (QED) is 0.0509. The molecule has 1 fully saturated rings. The summed E-state index contributed by atoms with van der Waals surface area (Å²) < 4.78 is 30.2. The molecule has 3 heterocycles. The Kier molecular flexibility index (Phi) is 13.9. The number of nitro benzene ring substituents is 1. The Labute approximate surface area is 374 Å². The van der Waals surface area contributed by atoms with Gasteiger partial charge < -0.3 is 10.2 Å². The smallest absolute Gasteiger partial charge is 0.293 e. The summed E-state index contributed by atoms with van der Waals surface area (Å²) in [6, 6.07) is 39.7. The summed E-state index contributed by atoms with van der Waals surface area (Å²) in [5.41, 5.74) is 5.03. The van der Waals surface area contributed by atoms with E-state index in [0.717, 1.165) is 65.6 Å². The Morgan fingerprint density at radius 3 is 2.32 bits per heavy atom. The summed E-state index contributed by atoms with van der Waals surface area (Å²) in [6.45, 7) is 4.16. The van der Waals surface area contributed by atoms with Crippen LogP contribution >= 0.6 is 35.1 Å². The molecule has 8 rings (SSSR count). The summed E-state index contributed by atoms with van der Waals surface area (Å²) in [7, 11) is -4.29. The van der Waals surface area contributed by atoms with E-state index in [1.807, 2.05) is 72.8 Å². The number of fused-ring (bicyclic) bond motifs is 1. The highest BCUT2D eigenvalue weighted by molar-refractivity contribution is 7.99. The van der Waals surface area contributed by atoms with Crippen molar-refractivity contribution in [1.29, 1.82) is 0 Å². The molecule has 16 heteroatoms. The van der Waals surface area contributed by atoms with Gasteiger partial charge in [0, 0.05) is 88.9 Å². The summed E-state index contributed by atoms with van der Waals surface area (Å²) in [5, 5.41) is 17.0. The summed E-state index contributed by atoms with van der Waals surface area (Å²) in [4.78, 5) is 31.4. The van der Waals surface area contributed by atoms with E-state index in [9.17, 15) is 18.5 Å². The molecule has 7 aromatic rings. The third kappa shape index (κ3) is 10.8. The van der Waals surface area contributed by atoms with Crippen LogP contribution in [0.5, 0.6) is 0 Å². The van der Waals surface area contributed by atoms with Crippen molar-refractivity contribution in [3.05, 3.63) is 167 Å². The molecule has 1 aliphatic heterocycles. The lowest BCUT2D eigenvalue weighted by atomic mass is 9.99. The minimum Gasteiger partial charge on any atom is -0.376 e. The van der Waals surface area contributed by atoms with E-state index in [1.165, 1.54) is 29.6 Å². The maximum atomic E-state index is 13.8. The van der Waals surface area contributed by atoms with Gasteiger partial charge in [-0.15, -0.1) is 23.5 Å². The lowest BCUT2D eigenvalue weighted by molar-refractivity contribution is -0.384. The number of nitrogens with zero attached hydrogens (tertiary/aromatic N) is 6. The van der Waals surface area contributed by atoms with Crippen molar-refractivity contribution in [2.24, 2.45) is 0 Å². The Hall–Kier alpha value is -5.71. The van der Waals surface area contributed by atoms with Crippen molar-refractivity contribution in [3.63, 3.8) is 0 Å². The number of pyridine rings is 1. The number of piperazine rings is 1. The fourth-order valence-corrected chi connectivity index (χ4v) is 10.4. The maximum absolute atomic E-state index is 13.8. The Balaban J connectivity index is 0.934. The Morgan fingerprint density at radius 2 is 1.55 bits per heavy atom. The molecule has 0 saturated carbocycles. The van der Waals surface area contributed by atoms with Gasteiger partial charge in [0.25, 0.3) is 15.7 Å². The molecule has 2 aromatic heterocycles. The highest BCUT2D eigenvalue weighted by Crippen LogP contribution is 2.33. The second kappa shape index (κ2) is 20.0. The Bertz CT molecular complexity index is 2750. The van der Waals surface area contributed by atoms with Crippen LogP contribution in [0, 0.1) is 10.1 Å². The molecule has 0 radical (unpaired) electrons. The number of halogens is 1. The monoisotopic (exact) mass is 902 g/mol. The maximum Gasteiger partial charge on any atom is 0.293 e. The molecule has 1 aliphatic rings. The number of rotatable bonds is 17. The first kappa shape index (κ1) is 43.0. The molecule has 1 atom stereocenters. The minimum absolute atomic E-state index is 0.0836. The molecule has 12 nitrogen and oxygen atoms in total. The van der Waals surface area contributed by atoms with Gasteiger partial charge >= 0.3 is 0 Å². The fraction of sp³-hybridized carbons (Fsp3) is 0.196. The Morgan fingerprint density at radius 1 is 0.806 bits per heavy atom. The van der Waals surface area contributed by atoms with Crippen molar-refractivity contribution in [2.45, 2.75) is 33.7 Å². The van der Waals surface area contributed by atoms with Crippen LogP contribution in [0.3, 0.4) is 0 Å². The van der Waals surface area contributed by atoms with Crippen LogP contribution in [0.15, 0.2) is 161 Å². The van der Waals surface area contributed by atoms with Gasteiger partial charge in [-0.25, -0.2) is 18.4 Å². The summed E-state index contributed by atoms with van der Waals surface area (Å²) in [5.74, 6) is 1.48. The zero-order chi connectivity index (χ0) is 42.9. The number of aromatic nitrogens is 3. The van der Waals surface area contributed by atoms with E-state index >= 15 is 0 Å². The van der Waals surface area contributed by atoms with Gasteiger partial charge in [0.2, 0.25) is 0 Å². The van der Waals surface area contributed by atoms with E-state index in [4.69, 9.17) is 11.6 Å². The van der Waals surface area contributed by atoms with Gasteiger partial charge in [-0.1, -0.05) is 66.2 Å². The molecule has 0 amide bonds. The van der Waals surface area contributed by atoms with Gasteiger partial charge in [-0.05, 0) is 95.6 Å². The molecule has 62 heavy (non-hydrogen) atoms. The first-order valence-corrected chi connectivity index (χ1v) is 23.9. The zero-order valence-corrected chi connectivity index (χ0v) is 36.7. The number of anilines is 3. The molecule has 316 valence electrons. The van der Waals surface area contributed by atoms with Crippen LogP contribution in [0.25, 0.3) is 22.0 Å². The second-order valence-electron chi connectivity index (χ2n) is 14.7. The van der Waals surface area contributed by atoms with Crippen LogP contribution in [0.1, 0.15) is 12.0 Å². The number of hydrogen-bond acceptors (Lipinski definition) is 12. The number of nitro groups is 1. The molecule has 1 saturated heterocycles. The zero-order valence-electron chi connectivity index (χ0n) is 33.5. The molecule has 0 aliphatic carbocycles. The van der Waals surface area contributed by atoms with Crippen LogP contribution in [-0.4, -0.2) is 76.9 Å². The van der Waals surface area contributed by atoms with Crippen LogP contribution < -0.4 is 14.9 Å². The van der Waals surface area contributed by atoms with Gasteiger partial charge in [-0.3, -0.25) is 24.7 Å². The first-order valence-electron chi connectivity index (χ1n) is 20.0. The highest BCUT2D eigenvalue weighted by Gasteiger charge is 2.25. The highest BCUT2D eigenvalue weighted by atomic mass is 35.5. The standard InChI is InChI=1S/C46H43ClN8O4S3/c47-35-12-10-33(11-13-35)41-9-5-4-6-34(41)30-53-23-25-54(26-24-53)37-14-16-42-44(28-37)49-32-50-46(42)52-62(58,59)40-15-17-43(45(29-40)55(56)57)51-36(31-61-38-7-2-1-3-8-38)20-27-60-39-18-21-48-22-19-39/h1-19,21-22,28-29,32,36,51H,20,23-27,30-31H2,(H,49,50,52)/t36-/m1/s1. The van der Waals surface area contributed by atoms with Crippen LogP contribution in [-0.2, 0) is 16.6 Å². The molecular weight excluding hydrogens is 860 g/mol. The number of hydrogen-bond donors (Lipinski definition) is 2. The molecule has 0 unspecified atom stereocenters. The van der Waals surface area contributed by atoms with E-state index in [2.05, 4.69) is 71.2 Å². The third-order valence-electron chi connectivity index (χ3n) is 10.6. The normalized spacial score (nSPS) is 13.8. The van der Waals surface area contributed by atoms with Crippen molar-refractivity contribution in [3.8, 4) is 11.1 Å². The molecular formula is C46H43ClN8O4S3. The fourth-order valence-electron chi connectivity index (χ4n) is 7.32. The average molecular weight is 904 g/mol. The number of sulfonamides is 1. The summed E-state index contributed by atoms with van der Waals surface area (Å²) >= 11 is 9.48.